The molecule has 45 heavy (non-hydrogen) atoms. The van der Waals surface area contributed by atoms with Crippen molar-refractivity contribution in [2.24, 2.45) is 0 Å². The zero-order valence-electron chi connectivity index (χ0n) is 25.1. The molecule has 4 heteroatoms. The molecule has 7 rings (SSSR count). The minimum absolute atomic E-state index is 0.670. The van der Waals surface area contributed by atoms with Crippen molar-refractivity contribution in [3.05, 3.63) is 200 Å². The summed E-state index contributed by atoms with van der Waals surface area (Å²) in [5, 5.41) is 8.31. The van der Waals surface area contributed by atoms with E-state index in [-0.39, 0.29) is 0 Å². The number of rotatable bonds is 10. The lowest BCUT2D eigenvalue weighted by Gasteiger charge is -2.22. The van der Waals surface area contributed by atoms with Crippen molar-refractivity contribution in [2.45, 2.75) is 13.1 Å². The molecule has 0 amide bonds. The number of hydrogen-bond donors (Lipinski definition) is 0. The molecule has 0 bridgehead atoms. The molecule has 1 aromatic heterocycles. The maximum absolute atomic E-state index is 2.32. The summed E-state index contributed by atoms with van der Waals surface area (Å²) >= 11 is 0. The van der Waals surface area contributed by atoms with E-state index in [1.807, 2.05) is 0 Å². The molecule has 0 saturated carbocycles. The van der Waals surface area contributed by atoms with Gasteiger partial charge in [-0.15, -0.1) is 0 Å². The molecule has 0 N–H and O–H groups in total. The fraction of sp³-hybridized carbons (Fsp3) is 0.0488. The van der Waals surface area contributed by atoms with E-state index in [0.29, 0.717) is 0 Å². The molecule has 0 radical (unpaired) electrons. The number of nitrogens with zero attached hydrogens (tertiary/aromatic N) is 2. The molecule has 0 saturated heterocycles. The van der Waals surface area contributed by atoms with Crippen LogP contribution in [-0.4, -0.2) is 4.57 Å². The number of aromatic nitrogens is 2. The highest BCUT2D eigenvalue weighted by atomic mass is 31.1. The van der Waals surface area contributed by atoms with Crippen LogP contribution in [-0.2, 0) is 13.1 Å². The highest BCUT2D eigenvalue weighted by Crippen LogP contribution is 2.35. The monoisotopic (exact) mass is 617 g/mol. The summed E-state index contributed by atoms with van der Waals surface area (Å²) in [5.74, 6) is 0. The van der Waals surface area contributed by atoms with Crippen molar-refractivity contribution in [2.75, 3.05) is 0 Å². The normalized spacial score (nSPS) is 11.2. The van der Waals surface area contributed by atoms with E-state index in [1.54, 1.807) is 0 Å². The van der Waals surface area contributed by atoms with E-state index >= 15 is 0 Å². The van der Waals surface area contributed by atoms with Crippen LogP contribution in [0.1, 0.15) is 11.1 Å². The standard InChI is InChI=1S/C41H35N2P2/c1-5-19-36(20-6-1)44(37-21-7-2-8-22-37)40-27-15-13-17-34(40)31-42-29-30-43(33-42)32-35-18-14-16-28-41(35)45(38-23-9-3-10-24-38)39-25-11-4-12-26-39/h1-30,33H,31-32H2/q+1. The maximum Gasteiger partial charge on any atom is 0.244 e. The zero-order chi connectivity index (χ0) is 30.3. The molecule has 218 valence electrons. The van der Waals surface area contributed by atoms with Crippen LogP contribution in [0.5, 0.6) is 0 Å². The summed E-state index contributed by atoms with van der Waals surface area (Å²) in [6, 6.07) is 61.8. The van der Waals surface area contributed by atoms with E-state index in [9.17, 15) is 0 Å². The van der Waals surface area contributed by atoms with Gasteiger partial charge >= 0.3 is 0 Å². The van der Waals surface area contributed by atoms with Crippen LogP contribution in [0.2, 0.25) is 0 Å². The molecule has 7 aromatic rings. The van der Waals surface area contributed by atoms with Gasteiger partial charge in [0.1, 0.15) is 25.5 Å². The lowest BCUT2D eigenvalue weighted by atomic mass is 10.2. The Hall–Kier alpha value is -4.61. The van der Waals surface area contributed by atoms with Crippen LogP contribution < -0.4 is 36.4 Å². The van der Waals surface area contributed by atoms with Gasteiger partial charge in [0.05, 0.1) is 0 Å². The van der Waals surface area contributed by atoms with Gasteiger partial charge < -0.3 is 0 Å². The van der Waals surface area contributed by atoms with Gasteiger partial charge in [0.25, 0.3) is 0 Å². The predicted octanol–water partition coefficient (Wildman–Crippen LogP) is 6.39. The summed E-state index contributed by atoms with van der Waals surface area (Å²) in [6.07, 6.45) is 6.68. The number of hydrogen-bond acceptors (Lipinski definition) is 0. The second kappa shape index (κ2) is 14.0. The van der Waals surface area contributed by atoms with Gasteiger partial charge in [0.15, 0.2) is 0 Å². The lowest BCUT2D eigenvalue weighted by molar-refractivity contribution is -0.687. The fourth-order valence-electron chi connectivity index (χ4n) is 5.91. The van der Waals surface area contributed by atoms with E-state index in [1.165, 1.54) is 43.0 Å². The van der Waals surface area contributed by atoms with Crippen LogP contribution >= 0.6 is 15.8 Å². The van der Waals surface area contributed by atoms with Gasteiger partial charge in [0.2, 0.25) is 6.33 Å². The Balaban J connectivity index is 1.19. The van der Waals surface area contributed by atoms with Gasteiger partial charge in [0, 0.05) is 11.1 Å². The average molecular weight is 618 g/mol. The number of imidazole rings is 1. The highest BCUT2D eigenvalue weighted by molar-refractivity contribution is 7.80. The summed E-state index contributed by atoms with van der Waals surface area (Å²) in [6.45, 7) is 1.65. The van der Waals surface area contributed by atoms with Crippen LogP contribution in [0.25, 0.3) is 0 Å². The lowest BCUT2D eigenvalue weighted by Crippen LogP contribution is -2.35. The first-order valence-corrected chi connectivity index (χ1v) is 18.0. The predicted molar refractivity (Wildman–Crippen MR) is 193 cm³/mol. The SMILES string of the molecule is c1ccc(P(c2ccccc2)c2ccccc2Cn2cc[n+](Cc3ccccc3P(c3ccccc3)c3ccccc3)c2)cc1. The molecule has 0 fully saturated rings. The summed E-state index contributed by atoms with van der Waals surface area (Å²) in [4.78, 5) is 0. The third-order valence-electron chi connectivity index (χ3n) is 7.97. The molecule has 2 nitrogen and oxygen atoms in total. The molecule has 0 aliphatic heterocycles. The topological polar surface area (TPSA) is 8.81 Å². The van der Waals surface area contributed by atoms with Gasteiger partial charge in [-0.1, -0.05) is 170 Å². The second-order valence-electron chi connectivity index (χ2n) is 11.0. The molecule has 0 aliphatic carbocycles. The Bertz CT molecular complexity index is 1730. The maximum atomic E-state index is 2.32. The molecular formula is C41H35N2P2+. The van der Waals surface area contributed by atoms with Gasteiger partial charge in [-0.3, -0.25) is 0 Å². The largest absolute Gasteiger partial charge is 0.244 e. The fourth-order valence-corrected chi connectivity index (χ4v) is 10.8. The average Bonchev–Trinajstić information content (AvgIpc) is 3.55. The quantitative estimate of drug-likeness (QED) is 0.124. The second-order valence-corrected chi connectivity index (χ2v) is 15.4. The molecule has 0 atom stereocenters. The van der Waals surface area contributed by atoms with Crippen LogP contribution in [0.15, 0.2) is 189 Å². The van der Waals surface area contributed by atoms with Crippen molar-refractivity contribution in [1.82, 2.24) is 4.57 Å². The molecular weight excluding hydrogens is 582 g/mol. The Kier molecular flexibility index (Phi) is 9.06. The van der Waals surface area contributed by atoms with Crippen molar-refractivity contribution in [1.29, 1.82) is 0 Å². The molecule has 0 aliphatic rings. The van der Waals surface area contributed by atoms with Crippen molar-refractivity contribution in [3.8, 4) is 0 Å². The minimum Gasteiger partial charge on any atom is -0.233 e. The first-order chi connectivity index (χ1) is 22.3. The van der Waals surface area contributed by atoms with Gasteiger partial charge in [-0.25, -0.2) is 9.13 Å². The first kappa shape index (κ1) is 29.1. The van der Waals surface area contributed by atoms with E-state index in [4.69, 9.17) is 0 Å². The van der Waals surface area contributed by atoms with Gasteiger partial charge in [-0.2, -0.15) is 0 Å². The smallest absolute Gasteiger partial charge is 0.233 e. The van der Waals surface area contributed by atoms with Crippen LogP contribution in [0.3, 0.4) is 0 Å². The first-order valence-electron chi connectivity index (χ1n) is 15.3. The van der Waals surface area contributed by atoms with Crippen molar-refractivity contribution < 1.29 is 4.57 Å². The molecule has 0 spiro atoms. The van der Waals surface area contributed by atoms with Crippen molar-refractivity contribution >= 4 is 47.7 Å². The third kappa shape index (κ3) is 6.74. The Morgan fingerprint density at radius 1 is 0.422 bits per heavy atom. The van der Waals surface area contributed by atoms with E-state index in [2.05, 4.69) is 198 Å². The summed E-state index contributed by atoms with van der Waals surface area (Å²) in [5.41, 5.74) is 2.72. The van der Waals surface area contributed by atoms with Crippen molar-refractivity contribution in [3.63, 3.8) is 0 Å². The Morgan fingerprint density at radius 2 is 0.800 bits per heavy atom. The minimum atomic E-state index is -0.670. The summed E-state index contributed by atoms with van der Waals surface area (Å²) < 4.78 is 4.64. The highest BCUT2D eigenvalue weighted by Gasteiger charge is 2.22. The molecule has 0 unspecified atom stereocenters. The van der Waals surface area contributed by atoms with E-state index in [0.717, 1.165) is 13.1 Å². The Morgan fingerprint density at radius 3 is 1.27 bits per heavy atom. The van der Waals surface area contributed by atoms with Crippen LogP contribution in [0.4, 0.5) is 0 Å². The van der Waals surface area contributed by atoms with E-state index < -0.39 is 15.8 Å². The number of benzene rings is 6. The molecule has 1 heterocycles. The summed E-state index contributed by atoms with van der Waals surface area (Å²) in [7, 11) is -1.34. The van der Waals surface area contributed by atoms with Gasteiger partial charge in [-0.05, 0) is 47.7 Å². The molecule has 6 aromatic carbocycles. The third-order valence-corrected chi connectivity index (χ3v) is 13.1. The zero-order valence-corrected chi connectivity index (χ0v) is 26.9. The Labute approximate surface area is 268 Å². The van der Waals surface area contributed by atoms with Crippen LogP contribution in [0, 0.1) is 0 Å².